The quantitative estimate of drug-likeness (QED) is 0.353. The number of rotatable bonds is 4. The number of hydrogen-bond donors (Lipinski definition) is 2. The van der Waals surface area contributed by atoms with E-state index < -0.39 is 5.60 Å². The van der Waals surface area contributed by atoms with Crippen molar-refractivity contribution in [2.45, 2.75) is 5.60 Å². The molecule has 0 saturated carbocycles. The SMILES string of the molecule is Cn1cncc1C(O)(c1ccc(Cl)cc1)c1ccc2c(c1)C(c1cccc(Cl)c1)=NCC(=S)N2. The van der Waals surface area contributed by atoms with E-state index >= 15 is 0 Å². The third-order valence-electron chi connectivity index (χ3n) is 5.89. The lowest BCUT2D eigenvalue weighted by Crippen LogP contribution is -2.31. The van der Waals surface area contributed by atoms with Gasteiger partial charge in [-0.3, -0.25) is 4.99 Å². The number of benzene rings is 3. The monoisotopic (exact) mass is 506 g/mol. The van der Waals surface area contributed by atoms with Crippen molar-refractivity contribution >= 4 is 51.8 Å². The second kappa shape index (κ2) is 8.96. The Morgan fingerprint density at radius 3 is 2.47 bits per heavy atom. The van der Waals surface area contributed by atoms with Crippen LogP contribution in [0.2, 0.25) is 10.0 Å². The standard InChI is InChI=1S/C26H20Cl2N4OS/c1-32-15-29-13-23(32)26(33,17-5-8-19(27)9-6-17)18-7-10-22-21(12-18)25(30-14-24(34)31-22)16-3-2-4-20(28)11-16/h2-13,15,33H,14H2,1H3,(H,31,34). The van der Waals surface area contributed by atoms with Crippen molar-refractivity contribution in [1.29, 1.82) is 0 Å². The first-order chi connectivity index (χ1) is 16.4. The van der Waals surface area contributed by atoms with E-state index in [0.717, 1.165) is 22.5 Å². The molecule has 0 spiro atoms. The highest BCUT2D eigenvalue weighted by Crippen LogP contribution is 2.39. The van der Waals surface area contributed by atoms with E-state index in [9.17, 15) is 5.11 Å². The van der Waals surface area contributed by atoms with Gasteiger partial charge in [-0.05, 0) is 47.5 Å². The molecule has 1 aliphatic heterocycles. The third kappa shape index (κ3) is 4.03. The van der Waals surface area contributed by atoms with Gasteiger partial charge in [0, 0.05) is 33.9 Å². The van der Waals surface area contributed by atoms with Gasteiger partial charge in [-0.1, -0.05) is 65.8 Å². The minimum Gasteiger partial charge on any atom is -0.374 e. The van der Waals surface area contributed by atoms with Crippen molar-refractivity contribution in [2.24, 2.45) is 12.0 Å². The molecule has 8 heteroatoms. The molecule has 0 aliphatic carbocycles. The number of aliphatic imine (C=N–C) groups is 1. The molecule has 34 heavy (non-hydrogen) atoms. The second-order valence-electron chi connectivity index (χ2n) is 8.09. The van der Waals surface area contributed by atoms with E-state index in [-0.39, 0.29) is 0 Å². The van der Waals surface area contributed by atoms with E-state index in [1.165, 1.54) is 0 Å². The summed E-state index contributed by atoms with van der Waals surface area (Å²) in [6, 6.07) is 20.5. The Bertz CT molecular complexity index is 1430. The number of halogens is 2. The maximum atomic E-state index is 12.3. The molecule has 4 aromatic rings. The van der Waals surface area contributed by atoms with Gasteiger partial charge in [0.25, 0.3) is 0 Å². The third-order valence-corrected chi connectivity index (χ3v) is 6.61. The van der Waals surface area contributed by atoms with Crippen LogP contribution in [0.25, 0.3) is 0 Å². The predicted molar refractivity (Wildman–Crippen MR) is 141 cm³/mol. The number of aliphatic hydroxyl groups is 1. The van der Waals surface area contributed by atoms with Gasteiger partial charge in [-0.25, -0.2) is 4.98 Å². The van der Waals surface area contributed by atoms with Crippen LogP contribution in [0.3, 0.4) is 0 Å². The van der Waals surface area contributed by atoms with Crippen LogP contribution < -0.4 is 5.32 Å². The number of nitrogens with one attached hydrogen (secondary N) is 1. The van der Waals surface area contributed by atoms with Gasteiger partial charge in [0.1, 0.15) is 4.99 Å². The zero-order chi connectivity index (χ0) is 23.9. The molecule has 1 aromatic heterocycles. The van der Waals surface area contributed by atoms with Gasteiger partial charge in [0.2, 0.25) is 0 Å². The van der Waals surface area contributed by atoms with E-state index in [2.05, 4.69) is 10.3 Å². The fraction of sp³-hybridized carbons (Fsp3) is 0.115. The summed E-state index contributed by atoms with van der Waals surface area (Å²) >= 11 is 17.9. The first kappa shape index (κ1) is 22.7. The summed E-state index contributed by atoms with van der Waals surface area (Å²) in [6.45, 7) is 0.352. The minimum absolute atomic E-state index is 0.352. The number of thiocarbonyl (C=S) groups is 1. The number of aryl methyl sites for hydroxylation is 1. The Balaban J connectivity index is 1.75. The summed E-state index contributed by atoms with van der Waals surface area (Å²) in [4.78, 5) is 9.65. The topological polar surface area (TPSA) is 62.4 Å². The summed E-state index contributed by atoms with van der Waals surface area (Å²) in [5.41, 5.74) is 3.69. The maximum absolute atomic E-state index is 12.3. The molecule has 5 rings (SSSR count). The van der Waals surface area contributed by atoms with E-state index in [4.69, 9.17) is 40.4 Å². The summed E-state index contributed by atoms with van der Waals surface area (Å²) in [6.07, 6.45) is 3.33. The minimum atomic E-state index is -1.49. The lowest BCUT2D eigenvalue weighted by molar-refractivity contribution is 0.117. The molecule has 2 heterocycles. The van der Waals surface area contributed by atoms with Crippen LogP contribution in [0.15, 0.2) is 84.2 Å². The van der Waals surface area contributed by atoms with Gasteiger partial charge < -0.3 is 15.0 Å². The van der Waals surface area contributed by atoms with Crippen LogP contribution in [0.5, 0.6) is 0 Å². The molecule has 2 N–H and O–H groups in total. The number of imidazole rings is 1. The van der Waals surface area contributed by atoms with Crippen LogP contribution in [0.1, 0.15) is 27.9 Å². The number of hydrogen-bond acceptors (Lipinski definition) is 4. The van der Waals surface area contributed by atoms with Crippen molar-refractivity contribution in [3.05, 3.63) is 117 Å². The molecule has 1 unspecified atom stereocenters. The Morgan fingerprint density at radius 1 is 1.00 bits per heavy atom. The first-order valence-corrected chi connectivity index (χ1v) is 11.7. The lowest BCUT2D eigenvalue weighted by Gasteiger charge is -2.30. The number of nitrogens with zero attached hydrogens (tertiary/aromatic N) is 3. The Labute approximate surface area is 212 Å². The van der Waals surface area contributed by atoms with Crippen molar-refractivity contribution in [3.63, 3.8) is 0 Å². The number of benzodiazepines with no additional fused rings is 1. The van der Waals surface area contributed by atoms with Crippen LogP contribution in [-0.4, -0.2) is 31.9 Å². The summed E-state index contributed by atoms with van der Waals surface area (Å²) < 4.78 is 1.81. The average Bonchev–Trinajstić information content (AvgIpc) is 3.18. The van der Waals surface area contributed by atoms with Crippen LogP contribution in [0, 0.1) is 0 Å². The van der Waals surface area contributed by atoms with E-state index in [1.54, 1.807) is 29.2 Å². The largest absolute Gasteiger partial charge is 0.374 e. The highest BCUT2D eigenvalue weighted by atomic mass is 35.5. The molecular formula is C26H20Cl2N4OS. The molecule has 5 nitrogen and oxygen atoms in total. The van der Waals surface area contributed by atoms with Gasteiger partial charge in [0.15, 0.2) is 5.60 Å². The smallest absolute Gasteiger partial charge is 0.156 e. The summed E-state index contributed by atoms with van der Waals surface area (Å²) in [7, 11) is 1.85. The highest BCUT2D eigenvalue weighted by Gasteiger charge is 2.37. The van der Waals surface area contributed by atoms with Gasteiger partial charge >= 0.3 is 0 Å². The van der Waals surface area contributed by atoms with E-state index in [1.807, 2.05) is 61.6 Å². The zero-order valence-corrected chi connectivity index (χ0v) is 20.5. The molecular weight excluding hydrogens is 487 g/mol. The molecule has 0 amide bonds. The average molecular weight is 507 g/mol. The fourth-order valence-corrected chi connectivity index (χ4v) is 4.73. The Morgan fingerprint density at radius 2 is 1.76 bits per heavy atom. The summed E-state index contributed by atoms with van der Waals surface area (Å²) in [5.74, 6) is 0. The van der Waals surface area contributed by atoms with Crippen molar-refractivity contribution in [3.8, 4) is 0 Å². The number of anilines is 1. The van der Waals surface area contributed by atoms with Crippen molar-refractivity contribution in [2.75, 3.05) is 11.9 Å². The predicted octanol–water partition coefficient (Wildman–Crippen LogP) is 5.60. The number of aromatic nitrogens is 2. The maximum Gasteiger partial charge on any atom is 0.156 e. The van der Waals surface area contributed by atoms with Crippen LogP contribution in [-0.2, 0) is 12.6 Å². The molecule has 3 aromatic carbocycles. The molecule has 1 aliphatic rings. The number of fused-ring (bicyclic) bond motifs is 1. The van der Waals surface area contributed by atoms with E-state index in [0.29, 0.717) is 38.4 Å². The Kier molecular flexibility index (Phi) is 6.00. The van der Waals surface area contributed by atoms with Crippen molar-refractivity contribution < 1.29 is 5.11 Å². The molecule has 170 valence electrons. The Hall–Kier alpha value is -3.03. The summed E-state index contributed by atoms with van der Waals surface area (Å²) in [5, 5.41) is 16.8. The zero-order valence-electron chi connectivity index (χ0n) is 18.2. The van der Waals surface area contributed by atoms with Gasteiger partial charge in [-0.15, -0.1) is 0 Å². The fourth-order valence-electron chi connectivity index (χ4n) is 4.24. The molecule has 0 fully saturated rings. The van der Waals surface area contributed by atoms with Gasteiger partial charge in [0.05, 0.1) is 30.5 Å². The van der Waals surface area contributed by atoms with Crippen LogP contribution in [0.4, 0.5) is 5.69 Å². The van der Waals surface area contributed by atoms with Gasteiger partial charge in [-0.2, -0.15) is 0 Å². The van der Waals surface area contributed by atoms with Crippen LogP contribution >= 0.6 is 35.4 Å². The first-order valence-electron chi connectivity index (χ1n) is 10.6. The molecule has 0 saturated heterocycles. The molecule has 1 atom stereocenters. The van der Waals surface area contributed by atoms with Crippen molar-refractivity contribution in [1.82, 2.24) is 9.55 Å². The molecule has 0 bridgehead atoms. The lowest BCUT2D eigenvalue weighted by atomic mass is 9.82. The second-order valence-corrected chi connectivity index (χ2v) is 9.46. The molecule has 0 radical (unpaired) electrons. The normalized spacial score (nSPS) is 15.1. The highest BCUT2D eigenvalue weighted by molar-refractivity contribution is 7.80.